The summed E-state index contributed by atoms with van der Waals surface area (Å²) in [4.78, 5) is 0. The summed E-state index contributed by atoms with van der Waals surface area (Å²) in [6.45, 7) is 2.24. The van der Waals surface area contributed by atoms with E-state index < -0.39 is 0 Å². The minimum Gasteiger partial charge on any atom is -0.0654 e. The topological polar surface area (TPSA) is 0 Å². The van der Waals surface area contributed by atoms with Crippen molar-refractivity contribution in [1.29, 1.82) is 0 Å². The summed E-state index contributed by atoms with van der Waals surface area (Å²) in [5.74, 6) is 0. The zero-order chi connectivity index (χ0) is 8.74. The largest absolute Gasteiger partial charge is 0.135 e. The van der Waals surface area contributed by atoms with E-state index in [9.17, 15) is 0 Å². The van der Waals surface area contributed by atoms with Crippen molar-refractivity contribution in [1.82, 2.24) is 0 Å². The Kier molecular flexibility index (Phi) is 7.81. The molecule has 0 fully saturated rings. The van der Waals surface area contributed by atoms with Gasteiger partial charge in [-0.1, -0.05) is 86.8 Å². The molecule has 0 spiro atoms. The number of rotatable bonds is 5. The van der Waals surface area contributed by atoms with E-state index in [1.165, 1.54) is 32.1 Å². The quantitative estimate of drug-likeness (QED) is 0.473. The van der Waals surface area contributed by atoms with E-state index in [2.05, 4.69) is 54.7 Å². The molecule has 0 aromatic carbocycles. The molecule has 11 heavy (non-hydrogen) atoms. The van der Waals surface area contributed by atoms with E-state index >= 15 is 0 Å². The van der Waals surface area contributed by atoms with Crippen molar-refractivity contribution in [3.8, 4) is 0 Å². The monoisotopic (exact) mass is 348 g/mol. The second-order valence-electron chi connectivity index (χ2n) is 2.78. The highest BCUT2D eigenvalue weighted by Gasteiger charge is 2.15. The Morgan fingerprint density at radius 2 is 1.45 bits per heavy atom. The van der Waals surface area contributed by atoms with Crippen LogP contribution in [0.3, 0.4) is 0 Å². The summed E-state index contributed by atoms with van der Waals surface area (Å²) < 4.78 is -0.0147. The van der Waals surface area contributed by atoms with E-state index in [1.807, 2.05) is 0 Å². The summed E-state index contributed by atoms with van der Waals surface area (Å²) in [7, 11) is 0. The van der Waals surface area contributed by atoms with Crippen LogP contribution in [0.25, 0.3) is 0 Å². The lowest BCUT2D eigenvalue weighted by Crippen LogP contribution is -1.97. The molecule has 0 radical (unpaired) electrons. The van der Waals surface area contributed by atoms with Gasteiger partial charge in [0.2, 0.25) is 0 Å². The SMILES string of the molecule is CCCCCCCC(Br)(Br)Br. The molecule has 0 atom stereocenters. The number of unbranched alkanes of at least 4 members (excludes halogenated alkanes) is 4. The van der Waals surface area contributed by atoms with Crippen LogP contribution in [0.1, 0.15) is 45.4 Å². The van der Waals surface area contributed by atoms with Gasteiger partial charge in [0.05, 0.1) is 0 Å². The van der Waals surface area contributed by atoms with Crippen molar-refractivity contribution in [2.45, 2.75) is 47.6 Å². The smallest absolute Gasteiger partial charge is 0.0654 e. The summed E-state index contributed by atoms with van der Waals surface area (Å²) >= 11 is 10.4. The molecule has 0 amide bonds. The molecule has 0 aliphatic carbocycles. The highest BCUT2D eigenvalue weighted by atomic mass is 80.0. The molecule has 0 aliphatic heterocycles. The van der Waals surface area contributed by atoms with Crippen molar-refractivity contribution in [3.63, 3.8) is 0 Å². The van der Waals surface area contributed by atoms with Crippen LogP contribution in [-0.4, -0.2) is 2.14 Å². The van der Waals surface area contributed by atoms with Crippen LogP contribution in [0.15, 0.2) is 0 Å². The molecule has 0 saturated heterocycles. The highest BCUT2D eigenvalue weighted by Crippen LogP contribution is 2.38. The number of alkyl halides is 3. The standard InChI is InChI=1S/C8H15Br3/c1-2-3-4-5-6-7-8(9,10)11/h2-7H2,1H3. The predicted molar refractivity (Wildman–Crippen MR) is 62.9 cm³/mol. The van der Waals surface area contributed by atoms with Crippen LogP contribution in [0.2, 0.25) is 0 Å². The first-order valence-corrected chi connectivity index (χ1v) is 6.51. The molecule has 0 N–H and O–H groups in total. The number of halogens is 3. The highest BCUT2D eigenvalue weighted by molar-refractivity contribution is 9.39. The normalized spacial score (nSPS) is 12.0. The van der Waals surface area contributed by atoms with E-state index in [0.717, 1.165) is 6.42 Å². The average molecular weight is 351 g/mol. The lowest BCUT2D eigenvalue weighted by atomic mass is 10.1. The first-order valence-electron chi connectivity index (χ1n) is 4.13. The van der Waals surface area contributed by atoms with Gasteiger partial charge >= 0.3 is 0 Å². The van der Waals surface area contributed by atoms with E-state index in [1.54, 1.807) is 0 Å². The maximum Gasteiger partial charge on any atom is 0.135 e. The summed E-state index contributed by atoms with van der Waals surface area (Å²) in [5, 5.41) is 0. The Balaban J connectivity index is 3.02. The van der Waals surface area contributed by atoms with Crippen LogP contribution in [0, 0.1) is 0 Å². The second-order valence-corrected chi connectivity index (χ2v) is 10.0. The Bertz CT molecular complexity index is 85.8. The maximum atomic E-state index is 3.48. The molecule has 0 aromatic heterocycles. The second kappa shape index (κ2) is 6.90. The van der Waals surface area contributed by atoms with Gasteiger partial charge in [-0.25, -0.2) is 0 Å². The number of hydrogen-bond donors (Lipinski definition) is 0. The van der Waals surface area contributed by atoms with Gasteiger partial charge in [-0.15, -0.1) is 0 Å². The van der Waals surface area contributed by atoms with Gasteiger partial charge < -0.3 is 0 Å². The Morgan fingerprint density at radius 1 is 0.909 bits per heavy atom. The molecule has 68 valence electrons. The summed E-state index contributed by atoms with van der Waals surface area (Å²) in [5.41, 5.74) is 0. The van der Waals surface area contributed by atoms with Crippen LogP contribution >= 0.6 is 47.8 Å². The Morgan fingerprint density at radius 3 is 1.91 bits per heavy atom. The van der Waals surface area contributed by atoms with Crippen molar-refractivity contribution in [3.05, 3.63) is 0 Å². The maximum absolute atomic E-state index is 3.48. The average Bonchev–Trinajstić information content (AvgIpc) is 1.85. The van der Waals surface area contributed by atoms with E-state index in [0.29, 0.717) is 0 Å². The third-order valence-electron chi connectivity index (χ3n) is 1.56. The van der Waals surface area contributed by atoms with Gasteiger partial charge in [-0.3, -0.25) is 0 Å². The molecule has 0 aromatic rings. The fourth-order valence-electron chi connectivity index (χ4n) is 0.929. The third-order valence-corrected chi connectivity index (χ3v) is 2.75. The van der Waals surface area contributed by atoms with Crippen molar-refractivity contribution < 1.29 is 0 Å². The van der Waals surface area contributed by atoms with E-state index in [4.69, 9.17) is 0 Å². The molecule has 0 heterocycles. The van der Waals surface area contributed by atoms with Gasteiger partial charge in [0.25, 0.3) is 0 Å². The molecule has 0 aliphatic rings. The lowest BCUT2D eigenvalue weighted by Gasteiger charge is -2.10. The predicted octanol–water partition coefficient (Wildman–Crippen LogP) is 5.19. The summed E-state index contributed by atoms with van der Waals surface area (Å²) in [6, 6.07) is 0. The molecular formula is C8H15Br3. The zero-order valence-corrected chi connectivity index (χ0v) is 11.6. The fourth-order valence-corrected chi connectivity index (χ4v) is 1.77. The molecule has 0 bridgehead atoms. The first-order chi connectivity index (χ1) is 5.06. The lowest BCUT2D eigenvalue weighted by molar-refractivity contribution is 0.621. The van der Waals surface area contributed by atoms with Gasteiger partial charge in [0.15, 0.2) is 0 Å². The van der Waals surface area contributed by atoms with Gasteiger partial charge in [-0.2, -0.15) is 0 Å². The van der Waals surface area contributed by atoms with Gasteiger partial charge in [0.1, 0.15) is 2.14 Å². The van der Waals surface area contributed by atoms with Crippen LogP contribution in [0.5, 0.6) is 0 Å². The Labute approximate surface area is 94.9 Å². The molecular weight excluding hydrogens is 336 g/mol. The molecule has 3 heteroatoms. The first kappa shape index (κ1) is 12.4. The van der Waals surface area contributed by atoms with Crippen molar-refractivity contribution >= 4 is 47.8 Å². The molecule has 0 unspecified atom stereocenters. The Hall–Kier alpha value is 1.44. The minimum atomic E-state index is -0.0147. The van der Waals surface area contributed by atoms with Crippen molar-refractivity contribution in [2.24, 2.45) is 0 Å². The van der Waals surface area contributed by atoms with Gasteiger partial charge in [0, 0.05) is 0 Å². The molecule has 0 rings (SSSR count). The van der Waals surface area contributed by atoms with Crippen LogP contribution < -0.4 is 0 Å². The zero-order valence-electron chi connectivity index (χ0n) is 6.88. The fraction of sp³-hybridized carbons (Fsp3) is 1.00. The van der Waals surface area contributed by atoms with Crippen LogP contribution in [-0.2, 0) is 0 Å². The minimum absolute atomic E-state index is 0.0147. The number of hydrogen-bond acceptors (Lipinski definition) is 0. The molecule has 0 saturated carbocycles. The van der Waals surface area contributed by atoms with Crippen molar-refractivity contribution in [2.75, 3.05) is 0 Å². The summed E-state index contributed by atoms with van der Waals surface area (Å²) in [6.07, 6.45) is 7.83. The van der Waals surface area contributed by atoms with Gasteiger partial charge in [-0.05, 0) is 6.42 Å². The molecule has 0 nitrogen and oxygen atoms in total. The van der Waals surface area contributed by atoms with E-state index in [-0.39, 0.29) is 2.14 Å². The van der Waals surface area contributed by atoms with Crippen LogP contribution in [0.4, 0.5) is 0 Å². The third kappa shape index (κ3) is 11.4.